The monoisotopic (exact) mass is 350 g/mol. The third-order valence-corrected chi connectivity index (χ3v) is 3.65. The summed E-state index contributed by atoms with van der Waals surface area (Å²) in [4.78, 5) is 16.4. The zero-order valence-electron chi connectivity index (χ0n) is 13.2. The Morgan fingerprint density at radius 2 is 1.88 bits per heavy atom. The van der Waals surface area contributed by atoms with Gasteiger partial charge in [-0.2, -0.15) is 5.10 Å². The van der Waals surface area contributed by atoms with E-state index < -0.39 is 0 Å². The minimum Gasteiger partial charge on any atom is -0.322 e. The minimum atomic E-state index is -0.258. The summed E-state index contributed by atoms with van der Waals surface area (Å²) in [7, 11) is 0. The maximum atomic E-state index is 12.3. The van der Waals surface area contributed by atoms with Gasteiger partial charge in [-0.1, -0.05) is 41.9 Å². The molecule has 2 aromatic carbocycles. The summed E-state index contributed by atoms with van der Waals surface area (Å²) in [5.74, 6) is 0.397. The summed E-state index contributed by atoms with van der Waals surface area (Å²) in [5.41, 5.74) is 4.76. The quantitative estimate of drug-likeness (QED) is 0.528. The Morgan fingerprint density at radius 1 is 1.04 bits per heavy atom. The van der Waals surface area contributed by atoms with Crippen LogP contribution in [0.2, 0.25) is 5.02 Å². The lowest BCUT2D eigenvalue weighted by molar-refractivity contribution is 0.102. The SMILES string of the molecule is O=C(Nc1cccc(/C=N/Nc2ccccn2)c1)c1ccccc1Cl. The van der Waals surface area contributed by atoms with Gasteiger partial charge in [-0.25, -0.2) is 4.98 Å². The number of nitrogens with zero attached hydrogens (tertiary/aromatic N) is 2. The largest absolute Gasteiger partial charge is 0.322 e. The average molecular weight is 351 g/mol. The molecule has 25 heavy (non-hydrogen) atoms. The zero-order chi connectivity index (χ0) is 17.5. The summed E-state index contributed by atoms with van der Waals surface area (Å²) in [5, 5.41) is 7.38. The maximum absolute atomic E-state index is 12.3. The molecule has 0 aliphatic rings. The third-order valence-electron chi connectivity index (χ3n) is 3.32. The van der Waals surface area contributed by atoms with E-state index in [4.69, 9.17) is 11.6 Å². The van der Waals surface area contributed by atoms with Crippen molar-refractivity contribution in [3.63, 3.8) is 0 Å². The van der Waals surface area contributed by atoms with Gasteiger partial charge in [0.25, 0.3) is 5.91 Å². The van der Waals surface area contributed by atoms with Gasteiger partial charge in [-0.3, -0.25) is 10.2 Å². The number of carbonyl (C=O) groups is 1. The summed E-state index contributed by atoms with van der Waals surface area (Å²) >= 11 is 6.05. The second-order valence-electron chi connectivity index (χ2n) is 5.14. The molecule has 3 aromatic rings. The highest BCUT2D eigenvalue weighted by Gasteiger charge is 2.09. The number of hydrogen-bond donors (Lipinski definition) is 2. The fourth-order valence-corrected chi connectivity index (χ4v) is 2.36. The molecule has 0 fully saturated rings. The number of anilines is 2. The molecule has 1 heterocycles. The van der Waals surface area contributed by atoms with Crippen molar-refractivity contribution in [2.24, 2.45) is 5.10 Å². The molecule has 0 bridgehead atoms. The molecule has 2 N–H and O–H groups in total. The molecule has 0 spiro atoms. The minimum absolute atomic E-state index is 0.258. The molecule has 1 aromatic heterocycles. The van der Waals surface area contributed by atoms with Crippen molar-refractivity contribution < 1.29 is 4.79 Å². The molecular formula is C19H15ClN4O. The third kappa shape index (κ3) is 4.65. The van der Waals surface area contributed by atoms with E-state index in [-0.39, 0.29) is 5.91 Å². The van der Waals surface area contributed by atoms with Crippen LogP contribution in [0.3, 0.4) is 0 Å². The van der Waals surface area contributed by atoms with Crippen LogP contribution in [0.5, 0.6) is 0 Å². The second-order valence-corrected chi connectivity index (χ2v) is 5.55. The highest BCUT2D eigenvalue weighted by molar-refractivity contribution is 6.34. The number of halogens is 1. The molecule has 0 aliphatic carbocycles. The van der Waals surface area contributed by atoms with Crippen LogP contribution in [0, 0.1) is 0 Å². The lowest BCUT2D eigenvalue weighted by atomic mass is 10.2. The molecule has 3 rings (SSSR count). The van der Waals surface area contributed by atoms with Crippen LogP contribution >= 0.6 is 11.6 Å². The van der Waals surface area contributed by atoms with E-state index in [0.717, 1.165) is 5.56 Å². The molecule has 0 saturated carbocycles. The fourth-order valence-electron chi connectivity index (χ4n) is 2.14. The predicted molar refractivity (Wildman–Crippen MR) is 101 cm³/mol. The first kappa shape index (κ1) is 16.7. The zero-order valence-corrected chi connectivity index (χ0v) is 13.9. The number of aromatic nitrogens is 1. The Balaban J connectivity index is 1.67. The van der Waals surface area contributed by atoms with E-state index in [9.17, 15) is 4.79 Å². The van der Waals surface area contributed by atoms with Gasteiger partial charge in [-0.15, -0.1) is 0 Å². The Labute approximate surface area is 150 Å². The Bertz CT molecular complexity index is 897. The fraction of sp³-hybridized carbons (Fsp3) is 0. The van der Waals surface area contributed by atoms with Gasteiger partial charge in [0, 0.05) is 11.9 Å². The highest BCUT2D eigenvalue weighted by Crippen LogP contribution is 2.17. The highest BCUT2D eigenvalue weighted by atomic mass is 35.5. The molecule has 0 saturated heterocycles. The van der Waals surface area contributed by atoms with Crippen molar-refractivity contribution in [1.29, 1.82) is 0 Å². The van der Waals surface area contributed by atoms with Crippen molar-refractivity contribution in [1.82, 2.24) is 4.98 Å². The van der Waals surface area contributed by atoms with Crippen LogP contribution in [-0.4, -0.2) is 17.1 Å². The summed E-state index contributed by atoms with van der Waals surface area (Å²) in [6.07, 6.45) is 3.34. The standard InChI is InChI=1S/C19H15ClN4O/c20-17-9-2-1-8-16(17)19(25)23-15-7-5-6-14(12-15)13-22-24-18-10-3-4-11-21-18/h1-13H,(H,21,24)(H,23,25)/b22-13+. The van der Waals surface area contributed by atoms with Crippen LogP contribution in [0.1, 0.15) is 15.9 Å². The Hall–Kier alpha value is -3.18. The van der Waals surface area contributed by atoms with Crippen LogP contribution in [-0.2, 0) is 0 Å². The number of benzene rings is 2. The van der Waals surface area contributed by atoms with Crippen molar-refractivity contribution in [3.05, 3.63) is 89.1 Å². The first-order chi connectivity index (χ1) is 12.2. The summed E-state index contributed by atoms with van der Waals surface area (Å²) in [6, 6.07) is 19.8. The first-order valence-electron chi connectivity index (χ1n) is 7.58. The van der Waals surface area contributed by atoms with Crippen molar-refractivity contribution in [2.45, 2.75) is 0 Å². The van der Waals surface area contributed by atoms with E-state index >= 15 is 0 Å². The normalized spacial score (nSPS) is 10.6. The first-order valence-corrected chi connectivity index (χ1v) is 7.96. The van der Waals surface area contributed by atoms with Gasteiger partial charge >= 0.3 is 0 Å². The number of hydrazone groups is 1. The Morgan fingerprint density at radius 3 is 2.68 bits per heavy atom. The van der Waals surface area contributed by atoms with Crippen molar-refractivity contribution in [3.8, 4) is 0 Å². The van der Waals surface area contributed by atoms with Gasteiger partial charge in [-0.05, 0) is 42.0 Å². The van der Waals surface area contributed by atoms with Gasteiger partial charge in [0.2, 0.25) is 0 Å². The van der Waals surface area contributed by atoms with Crippen LogP contribution in [0.15, 0.2) is 78.0 Å². The smallest absolute Gasteiger partial charge is 0.257 e. The van der Waals surface area contributed by atoms with Gasteiger partial charge < -0.3 is 5.32 Å². The average Bonchev–Trinajstić information content (AvgIpc) is 2.63. The predicted octanol–water partition coefficient (Wildman–Crippen LogP) is 4.43. The lowest BCUT2D eigenvalue weighted by Crippen LogP contribution is -2.12. The van der Waals surface area contributed by atoms with Crippen LogP contribution < -0.4 is 10.7 Å². The number of carbonyl (C=O) groups excluding carboxylic acids is 1. The van der Waals surface area contributed by atoms with Gasteiger partial charge in [0.05, 0.1) is 16.8 Å². The molecule has 0 atom stereocenters. The molecule has 0 unspecified atom stereocenters. The van der Waals surface area contributed by atoms with Crippen molar-refractivity contribution in [2.75, 3.05) is 10.7 Å². The molecule has 0 aliphatic heterocycles. The maximum Gasteiger partial charge on any atom is 0.257 e. The number of hydrogen-bond acceptors (Lipinski definition) is 4. The number of amides is 1. The van der Waals surface area contributed by atoms with E-state index in [1.165, 1.54) is 0 Å². The van der Waals surface area contributed by atoms with Gasteiger partial charge in [0.15, 0.2) is 0 Å². The van der Waals surface area contributed by atoms with E-state index in [0.29, 0.717) is 22.1 Å². The van der Waals surface area contributed by atoms with E-state index in [2.05, 4.69) is 20.8 Å². The molecule has 124 valence electrons. The molecule has 5 nitrogen and oxygen atoms in total. The number of rotatable bonds is 5. The number of nitrogens with one attached hydrogen (secondary N) is 2. The molecule has 0 radical (unpaired) electrons. The van der Waals surface area contributed by atoms with Crippen molar-refractivity contribution >= 4 is 35.2 Å². The summed E-state index contributed by atoms with van der Waals surface area (Å²) in [6.45, 7) is 0. The Kier molecular flexibility index (Phi) is 5.39. The lowest BCUT2D eigenvalue weighted by Gasteiger charge is -2.07. The topological polar surface area (TPSA) is 66.4 Å². The van der Waals surface area contributed by atoms with E-state index in [1.54, 1.807) is 42.7 Å². The van der Waals surface area contributed by atoms with Crippen LogP contribution in [0.25, 0.3) is 0 Å². The summed E-state index contributed by atoms with van der Waals surface area (Å²) < 4.78 is 0. The molecule has 1 amide bonds. The molecular weight excluding hydrogens is 336 g/mol. The van der Waals surface area contributed by atoms with Crippen LogP contribution in [0.4, 0.5) is 11.5 Å². The van der Waals surface area contributed by atoms with Gasteiger partial charge in [0.1, 0.15) is 5.82 Å². The molecule has 6 heteroatoms. The number of pyridine rings is 1. The second kappa shape index (κ2) is 8.08. The van der Waals surface area contributed by atoms with E-state index in [1.807, 2.05) is 36.4 Å².